The third kappa shape index (κ3) is 4.61. The average molecular weight is 354 g/mol. The summed E-state index contributed by atoms with van der Waals surface area (Å²) in [6.45, 7) is 0.485. The van der Waals surface area contributed by atoms with Gasteiger partial charge in [0, 0.05) is 11.9 Å². The van der Waals surface area contributed by atoms with Crippen molar-refractivity contribution in [2.75, 3.05) is 20.6 Å². The fourth-order valence-electron chi connectivity index (χ4n) is 2.09. The van der Waals surface area contributed by atoms with E-state index in [0.29, 0.717) is 6.54 Å². The molecule has 6 nitrogen and oxygen atoms in total. The van der Waals surface area contributed by atoms with Crippen LogP contribution in [0.1, 0.15) is 21.3 Å². The van der Waals surface area contributed by atoms with E-state index in [-0.39, 0.29) is 9.77 Å². The number of hydrogen-bond acceptors (Lipinski definition) is 5. The highest BCUT2D eigenvalue weighted by atomic mass is 32.2. The first kappa shape index (κ1) is 17.6. The van der Waals surface area contributed by atoms with Crippen LogP contribution in [-0.2, 0) is 10.0 Å². The Morgan fingerprint density at radius 3 is 2.48 bits per heavy atom. The van der Waals surface area contributed by atoms with Crippen molar-refractivity contribution < 1.29 is 18.3 Å². The number of nitrogens with zero attached hydrogens (tertiary/aromatic N) is 1. The minimum atomic E-state index is -3.80. The number of aromatic carboxylic acids is 1. The predicted octanol–water partition coefficient (Wildman–Crippen LogP) is 2.03. The van der Waals surface area contributed by atoms with Crippen molar-refractivity contribution in [3.05, 3.63) is 52.2 Å². The number of sulfonamides is 1. The Labute approximate surface area is 139 Å². The van der Waals surface area contributed by atoms with Crippen LogP contribution in [0.3, 0.4) is 0 Å². The van der Waals surface area contributed by atoms with Gasteiger partial charge in [-0.25, -0.2) is 17.9 Å². The Balaban J connectivity index is 2.28. The highest BCUT2D eigenvalue weighted by Gasteiger charge is 2.24. The maximum atomic E-state index is 12.5. The molecule has 124 valence electrons. The number of rotatable bonds is 7. The van der Waals surface area contributed by atoms with E-state index in [9.17, 15) is 13.2 Å². The van der Waals surface area contributed by atoms with Crippen LogP contribution in [0.2, 0.25) is 0 Å². The molecule has 0 radical (unpaired) electrons. The normalized spacial score (nSPS) is 13.2. The largest absolute Gasteiger partial charge is 0.477 e. The highest BCUT2D eigenvalue weighted by molar-refractivity contribution is 7.89. The lowest BCUT2D eigenvalue weighted by Gasteiger charge is -2.22. The quantitative estimate of drug-likeness (QED) is 0.794. The zero-order valence-corrected chi connectivity index (χ0v) is 14.4. The summed E-state index contributed by atoms with van der Waals surface area (Å²) in [5, 5.41) is 10.3. The molecule has 1 unspecified atom stereocenters. The van der Waals surface area contributed by atoms with Gasteiger partial charge in [0.1, 0.15) is 4.88 Å². The second-order valence-electron chi connectivity index (χ2n) is 5.30. The van der Waals surface area contributed by atoms with Crippen LogP contribution in [0.15, 0.2) is 46.7 Å². The predicted molar refractivity (Wildman–Crippen MR) is 89.3 cm³/mol. The molecule has 1 atom stereocenters. The lowest BCUT2D eigenvalue weighted by molar-refractivity contribution is 0.0702. The summed E-state index contributed by atoms with van der Waals surface area (Å²) in [6.07, 6.45) is 0. The van der Waals surface area contributed by atoms with Gasteiger partial charge in [-0.2, -0.15) is 0 Å². The van der Waals surface area contributed by atoms with Gasteiger partial charge in [-0.3, -0.25) is 0 Å². The summed E-state index contributed by atoms with van der Waals surface area (Å²) in [7, 11) is -0.0785. The van der Waals surface area contributed by atoms with Gasteiger partial charge >= 0.3 is 5.97 Å². The molecule has 0 aliphatic heterocycles. The molecule has 2 aromatic rings. The average Bonchev–Trinajstić information content (AvgIpc) is 2.98. The van der Waals surface area contributed by atoms with E-state index in [1.807, 2.05) is 49.3 Å². The minimum absolute atomic E-state index is 0.00533. The molecule has 1 heterocycles. The number of benzene rings is 1. The fourth-order valence-corrected chi connectivity index (χ4v) is 4.42. The van der Waals surface area contributed by atoms with Gasteiger partial charge in [0.2, 0.25) is 10.0 Å². The monoisotopic (exact) mass is 354 g/mol. The Bertz CT molecular complexity index is 770. The zero-order valence-electron chi connectivity index (χ0n) is 12.8. The summed E-state index contributed by atoms with van der Waals surface area (Å²) in [4.78, 5) is 12.8. The number of likely N-dealkylation sites (N-methyl/N-ethyl adjacent to an activating group) is 1. The summed E-state index contributed by atoms with van der Waals surface area (Å²) < 4.78 is 27.7. The lowest BCUT2D eigenvalue weighted by Crippen LogP contribution is -2.35. The number of hydrogen-bond donors (Lipinski definition) is 2. The Kier molecular flexibility index (Phi) is 5.53. The molecule has 0 spiro atoms. The number of carboxylic acids is 1. The standard InChI is InChI=1S/C15H18N2O4S2/c1-17(2)9-13(11-6-4-3-5-7-11)16-23(20,21)12-8-14(15(18)19)22-10-12/h3-8,10,13,16H,9H2,1-2H3,(H,18,19). The second kappa shape index (κ2) is 7.22. The zero-order chi connectivity index (χ0) is 17.0. The molecule has 23 heavy (non-hydrogen) atoms. The van der Waals surface area contributed by atoms with Crippen LogP contribution in [-0.4, -0.2) is 45.0 Å². The Hall–Kier alpha value is -1.74. The molecule has 0 fully saturated rings. The third-order valence-corrected chi connectivity index (χ3v) is 5.66. The number of carbonyl (C=O) groups is 1. The van der Waals surface area contributed by atoms with Crippen LogP contribution in [0.4, 0.5) is 0 Å². The molecule has 0 saturated heterocycles. The maximum Gasteiger partial charge on any atom is 0.345 e. The molecule has 0 aliphatic carbocycles. The van der Waals surface area contributed by atoms with Crippen LogP contribution in [0, 0.1) is 0 Å². The number of thiophene rings is 1. The van der Waals surface area contributed by atoms with E-state index in [4.69, 9.17) is 5.11 Å². The first-order chi connectivity index (χ1) is 10.8. The fraction of sp³-hybridized carbons (Fsp3) is 0.267. The van der Waals surface area contributed by atoms with Gasteiger partial charge in [-0.15, -0.1) is 11.3 Å². The molecule has 0 bridgehead atoms. The molecular formula is C15H18N2O4S2. The SMILES string of the molecule is CN(C)CC(NS(=O)(=O)c1csc(C(=O)O)c1)c1ccccc1. The Morgan fingerprint density at radius 1 is 1.30 bits per heavy atom. The van der Waals surface area contributed by atoms with Crippen molar-refractivity contribution in [3.63, 3.8) is 0 Å². The number of nitrogens with one attached hydrogen (secondary N) is 1. The highest BCUT2D eigenvalue weighted by Crippen LogP contribution is 2.22. The van der Waals surface area contributed by atoms with Crippen molar-refractivity contribution in [1.29, 1.82) is 0 Å². The van der Waals surface area contributed by atoms with E-state index >= 15 is 0 Å². The van der Waals surface area contributed by atoms with Crippen molar-refractivity contribution in [2.24, 2.45) is 0 Å². The van der Waals surface area contributed by atoms with Crippen molar-refractivity contribution >= 4 is 27.3 Å². The molecule has 0 amide bonds. The van der Waals surface area contributed by atoms with Gasteiger partial charge < -0.3 is 10.0 Å². The first-order valence-electron chi connectivity index (χ1n) is 6.83. The smallest absolute Gasteiger partial charge is 0.345 e. The molecule has 2 rings (SSSR count). The summed E-state index contributed by atoms with van der Waals surface area (Å²) in [5.41, 5.74) is 0.846. The summed E-state index contributed by atoms with van der Waals surface area (Å²) in [6, 6.07) is 10.0. The molecule has 1 aromatic carbocycles. The maximum absolute atomic E-state index is 12.5. The summed E-state index contributed by atoms with van der Waals surface area (Å²) in [5.74, 6) is -1.13. The topological polar surface area (TPSA) is 86.7 Å². The number of carboxylic acid groups (broad SMARTS) is 1. The van der Waals surface area contributed by atoms with E-state index in [1.54, 1.807) is 0 Å². The van der Waals surface area contributed by atoms with Crippen molar-refractivity contribution in [1.82, 2.24) is 9.62 Å². The minimum Gasteiger partial charge on any atom is -0.477 e. The van der Waals surface area contributed by atoms with Crippen LogP contribution in [0.5, 0.6) is 0 Å². The first-order valence-corrected chi connectivity index (χ1v) is 9.19. The molecule has 2 N–H and O–H groups in total. The van der Waals surface area contributed by atoms with E-state index in [0.717, 1.165) is 16.9 Å². The van der Waals surface area contributed by atoms with Crippen LogP contribution >= 0.6 is 11.3 Å². The molecule has 1 aromatic heterocycles. The summed E-state index contributed by atoms with van der Waals surface area (Å²) >= 11 is 0.892. The van der Waals surface area contributed by atoms with Gasteiger partial charge in [-0.1, -0.05) is 30.3 Å². The van der Waals surface area contributed by atoms with E-state index in [2.05, 4.69) is 4.72 Å². The van der Waals surface area contributed by atoms with Gasteiger partial charge in [0.05, 0.1) is 10.9 Å². The molecule has 0 saturated carbocycles. The van der Waals surface area contributed by atoms with Gasteiger partial charge in [-0.05, 0) is 25.7 Å². The van der Waals surface area contributed by atoms with Crippen LogP contribution in [0.25, 0.3) is 0 Å². The van der Waals surface area contributed by atoms with Gasteiger partial charge in [0.25, 0.3) is 0 Å². The lowest BCUT2D eigenvalue weighted by atomic mass is 10.1. The molecular weight excluding hydrogens is 336 g/mol. The second-order valence-corrected chi connectivity index (χ2v) is 7.92. The van der Waals surface area contributed by atoms with E-state index in [1.165, 1.54) is 11.4 Å². The van der Waals surface area contributed by atoms with Crippen molar-refractivity contribution in [3.8, 4) is 0 Å². The van der Waals surface area contributed by atoms with Gasteiger partial charge in [0.15, 0.2) is 0 Å². The molecule has 0 aliphatic rings. The van der Waals surface area contributed by atoms with E-state index < -0.39 is 22.0 Å². The molecule has 8 heteroatoms. The Morgan fingerprint density at radius 2 is 1.96 bits per heavy atom. The van der Waals surface area contributed by atoms with Crippen LogP contribution < -0.4 is 4.72 Å². The third-order valence-electron chi connectivity index (χ3n) is 3.14. The van der Waals surface area contributed by atoms with Crippen molar-refractivity contribution in [2.45, 2.75) is 10.9 Å².